The largest absolute Gasteiger partial charge is 0.379 e. The number of nitrogens with zero attached hydrogens (tertiary/aromatic N) is 4. The number of benzene rings is 2. The molecule has 0 saturated carbocycles. The van der Waals surface area contributed by atoms with Gasteiger partial charge in [0.1, 0.15) is 0 Å². The van der Waals surface area contributed by atoms with E-state index in [9.17, 15) is 0 Å². The molecule has 31 heavy (non-hydrogen) atoms. The maximum absolute atomic E-state index is 5.70. The Bertz CT molecular complexity index is 1210. The molecule has 7 heteroatoms. The van der Waals surface area contributed by atoms with E-state index in [2.05, 4.69) is 61.5 Å². The lowest BCUT2D eigenvalue weighted by molar-refractivity contribution is 0.0342. The van der Waals surface area contributed by atoms with Crippen molar-refractivity contribution in [2.45, 2.75) is 6.54 Å². The van der Waals surface area contributed by atoms with Crippen molar-refractivity contribution in [3.05, 3.63) is 71.5 Å². The lowest BCUT2D eigenvalue weighted by Gasteiger charge is -2.26. The molecule has 7 nitrogen and oxygen atoms in total. The third kappa shape index (κ3) is 4.47. The number of aromatic amines is 1. The highest BCUT2D eigenvalue weighted by atomic mass is 16.5. The first kappa shape index (κ1) is 19.4. The van der Waals surface area contributed by atoms with E-state index >= 15 is 0 Å². The molecule has 0 spiro atoms. The molecule has 0 radical (unpaired) electrons. The smallest absolute Gasteiger partial charge is 0.220 e. The Kier molecular flexibility index (Phi) is 5.43. The third-order valence-electron chi connectivity index (χ3n) is 5.49. The molecule has 0 bridgehead atoms. The van der Waals surface area contributed by atoms with Crippen LogP contribution in [0.15, 0.2) is 54.7 Å². The average molecular weight is 412 g/mol. The fourth-order valence-electron chi connectivity index (χ4n) is 3.79. The van der Waals surface area contributed by atoms with Crippen LogP contribution in [-0.2, 0) is 11.3 Å². The molecule has 4 aromatic rings. The topological polar surface area (TPSA) is 93.0 Å². The summed E-state index contributed by atoms with van der Waals surface area (Å²) < 4.78 is 5.42. The first-order valence-corrected chi connectivity index (χ1v) is 10.4. The maximum atomic E-state index is 5.70. The van der Waals surface area contributed by atoms with Gasteiger partial charge in [-0.3, -0.25) is 10.00 Å². The van der Waals surface area contributed by atoms with Gasteiger partial charge in [-0.05, 0) is 35.4 Å². The lowest BCUT2D eigenvalue weighted by Crippen LogP contribution is -2.35. The second-order valence-corrected chi connectivity index (χ2v) is 7.63. The summed E-state index contributed by atoms with van der Waals surface area (Å²) in [5.41, 5.74) is 11.8. The van der Waals surface area contributed by atoms with Gasteiger partial charge in [-0.1, -0.05) is 36.4 Å². The monoisotopic (exact) mass is 412 g/mol. The van der Waals surface area contributed by atoms with E-state index in [1.807, 2.05) is 24.3 Å². The molecule has 1 fully saturated rings. The normalized spacial score (nSPS) is 15.1. The molecule has 2 aromatic heterocycles. The molecule has 0 amide bonds. The maximum Gasteiger partial charge on any atom is 0.220 e. The van der Waals surface area contributed by atoms with E-state index in [-0.39, 0.29) is 5.95 Å². The fourth-order valence-corrected chi connectivity index (χ4v) is 3.79. The van der Waals surface area contributed by atoms with Crippen LogP contribution in [-0.4, -0.2) is 51.4 Å². The molecule has 1 aliphatic rings. The molecule has 0 aliphatic carbocycles. The summed E-state index contributed by atoms with van der Waals surface area (Å²) in [5.74, 6) is 0.266. The molecule has 3 heterocycles. The summed E-state index contributed by atoms with van der Waals surface area (Å²) in [6, 6.07) is 16.6. The number of morpholine rings is 1. The van der Waals surface area contributed by atoms with Crippen LogP contribution < -0.4 is 5.73 Å². The lowest BCUT2D eigenvalue weighted by atomic mass is 10.1. The van der Waals surface area contributed by atoms with Crippen LogP contribution in [0.25, 0.3) is 34.3 Å². The van der Waals surface area contributed by atoms with Crippen LogP contribution >= 0.6 is 0 Å². The van der Waals surface area contributed by atoms with Gasteiger partial charge in [-0.25, -0.2) is 9.97 Å². The van der Waals surface area contributed by atoms with Crippen LogP contribution in [0.3, 0.4) is 0 Å². The number of H-pyrrole nitrogens is 1. The van der Waals surface area contributed by atoms with E-state index < -0.39 is 0 Å². The van der Waals surface area contributed by atoms with Gasteiger partial charge in [0.25, 0.3) is 0 Å². The van der Waals surface area contributed by atoms with Gasteiger partial charge in [-0.2, -0.15) is 5.10 Å². The Labute approximate surface area is 180 Å². The summed E-state index contributed by atoms with van der Waals surface area (Å²) in [6.07, 6.45) is 5.79. The highest BCUT2D eigenvalue weighted by Crippen LogP contribution is 2.25. The summed E-state index contributed by atoms with van der Waals surface area (Å²) in [4.78, 5) is 10.7. The number of nitrogens with one attached hydrogen (secondary N) is 1. The molecular formula is C24H24N6O. The number of aromatic nitrogens is 4. The Hall–Kier alpha value is -3.55. The van der Waals surface area contributed by atoms with Crippen LogP contribution in [0.4, 0.5) is 5.95 Å². The van der Waals surface area contributed by atoms with Gasteiger partial charge in [-0.15, -0.1) is 0 Å². The number of ether oxygens (including phenoxy) is 1. The van der Waals surface area contributed by atoms with Crippen molar-refractivity contribution in [1.82, 2.24) is 25.1 Å². The van der Waals surface area contributed by atoms with Crippen LogP contribution in [0, 0.1) is 0 Å². The first-order chi connectivity index (χ1) is 15.2. The number of hydrogen-bond acceptors (Lipinski definition) is 6. The Morgan fingerprint density at radius 3 is 2.68 bits per heavy atom. The van der Waals surface area contributed by atoms with Crippen LogP contribution in [0.5, 0.6) is 0 Å². The Balaban J connectivity index is 1.30. The molecule has 0 atom stereocenters. The number of rotatable bonds is 5. The van der Waals surface area contributed by atoms with E-state index in [4.69, 9.17) is 10.5 Å². The minimum absolute atomic E-state index is 0.266. The van der Waals surface area contributed by atoms with Gasteiger partial charge in [0, 0.05) is 36.8 Å². The van der Waals surface area contributed by atoms with Crippen molar-refractivity contribution in [2.75, 3.05) is 32.0 Å². The second kappa shape index (κ2) is 8.67. The number of fused-ring (bicyclic) bond motifs is 1. The zero-order valence-electron chi connectivity index (χ0n) is 17.2. The molecular weight excluding hydrogens is 388 g/mol. The zero-order chi connectivity index (χ0) is 21.0. The Morgan fingerprint density at radius 1 is 1.03 bits per heavy atom. The molecule has 1 aliphatic heterocycles. The standard InChI is InChI=1S/C24H24N6O/c25-24-26-10-9-21(27-24)19-6-7-20-22(28-29-23(20)15-19)8-5-17-1-3-18(4-2-17)16-30-11-13-31-14-12-30/h1-10,15H,11-14,16H2,(H,28,29)(H2,25,26,27). The van der Waals surface area contributed by atoms with Gasteiger partial charge in [0.15, 0.2) is 0 Å². The van der Waals surface area contributed by atoms with Crippen molar-refractivity contribution in [2.24, 2.45) is 0 Å². The SMILES string of the molecule is Nc1nccc(-c2ccc3c(C=Cc4ccc(CN5CCOCC5)cc4)n[nH]c3c2)n1. The second-order valence-electron chi connectivity index (χ2n) is 7.63. The van der Waals surface area contributed by atoms with Gasteiger partial charge < -0.3 is 10.5 Å². The Morgan fingerprint density at radius 2 is 1.87 bits per heavy atom. The molecule has 5 rings (SSSR count). The summed E-state index contributed by atoms with van der Waals surface area (Å²) in [6.45, 7) is 4.62. The predicted molar refractivity (Wildman–Crippen MR) is 123 cm³/mol. The van der Waals surface area contributed by atoms with Gasteiger partial charge in [0.05, 0.1) is 30.1 Å². The van der Waals surface area contributed by atoms with Crippen molar-refractivity contribution < 1.29 is 4.74 Å². The van der Waals surface area contributed by atoms with E-state index in [1.54, 1.807) is 6.20 Å². The molecule has 156 valence electrons. The van der Waals surface area contributed by atoms with Crippen molar-refractivity contribution >= 4 is 29.0 Å². The minimum Gasteiger partial charge on any atom is -0.379 e. The van der Waals surface area contributed by atoms with Crippen LogP contribution in [0.1, 0.15) is 16.8 Å². The summed E-state index contributed by atoms with van der Waals surface area (Å²) >= 11 is 0. The highest BCUT2D eigenvalue weighted by molar-refractivity contribution is 5.91. The summed E-state index contributed by atoms with van der Waals surface area (Å²) in [5, 5.41) is 8.64. The highest BCUT2D eigenvalue weighted by Gasteiger charge is 2.10. The number of nitrogen functional groups attached to an aromatic ring is 1. The number of anilines is 1. The van der Waals surface area contributed by atoms with Crippen molar-refractivity contribution in [1.29, 1.82) is 0 Å². The predicted octanol–water partition coefficient (Wildman–Crippen LogP) is 3.60. The number of nitrogens with two attached hydrogens (primary N) is 1. The molecule has 1 saturated heterocycles. The quantitative estimate of drug-likeness (QED) is 0.520. The molecule has 2 aromatic carbocycles. The van der Waals surface area contributed by atoms with Gasteiger partial charge in [0.2, 0.25) is 5.95 Å². The van der Waals surface area contributed by atoms with Crippen molar-refractivity contribution in [3.63, 3.8) is 0 Å². The zero-order valence-corrected chi connectivity index (χ0v) is 17.2. The van der Waals surface area contributed by atoms with Crippen molar-refractivity contribution in [3.8, 4) is 11.3 Å². The van der Waals surface area contributed by atoms with E-state index in [0.717, 1.165) is 66.3 Å². The van der Waals surface area contributed by atoms with Gasteiger partial charge >= 0.3 is 0 Å². The van der Waals surface area contributed by atoms with E-state index in [1.165, 1.54) is 5.56 Å². The molecule has 3 N–H and O–H groups in total. The minimum atomic E-state index is 0.266. The summed E-state index contributed by atoms with van der Waals surface area (Å²) in [7, 11) is 0. The first-order valence-electron chi connectivity index (χ1n) is 10.4. The van der Waals surface area contributed by atoms with E-state index in [0.29, 0.717) is 0 Å². The average Bonchev–Trinajstić information content (AvgIpc) is 3.22. The fraction of sp³-hybridized carbons (Fsp3) is 0.208. The number of hydrogen-bond donors (Lipinski definition) is 2. The van der Waals surface area contributed by atoms with Crippen LogP contribution in [0.2, 0.25) is 0 Å². The molecule has 0 unspecified atom stereocenters. The third-order valence-corrected chi connectivity index (χ3v) is 5.49.